The van der Waals surface area contributed by atoms with Crippen molar-refractivity contribution in [1.29, 1.82) is 0 Å². The Morgan fingerprint density at radius 2 is 2.05 bits per heavy atom. The summed E-state index contributed by atoms with van der Waals surface area (Å²) in [5.74, 6) is -0.458. The van der Waals surface area contributed by atoms with E-state index in [0.717, 1.165) is 17.7 Å². The first-order valence-electron chi connectivity index (χ1n) is 6.90. The van der Waals surface area contributed by atoms with Gasteiger partial charge in [0.15, 0.2) is 0 Å². The molecule has 0 saturated carbocycles. The van der Waals surface area contributed by atoms with Crippen LogP contribution in [0, 0.1) is 0 Å². The molecule has 4 heteroatoms. The lowest BCUT2D eigenvalue weighted by Crippen LogP contribution is -2.61. The molecule has 0 aliphatic carbocycles. The summed E-state index contributed by atoms with van der Waals surface area (Å²) in [6.45, 7) is 9.89. The lowest BCUT2D eigenvalue weighted by atomic mass is 9.77. The van der Waals surface area contributed by atoms with E-state index in [1.54, 1.807) is 13.8 Å². The van der Waals surface area contributed by atoms with Gasteiger partial charge >= 0.3 is 5.97 Å². The second-order valence-corrected chi connectivity index (χ2v) is 7.26. The minimum absolute atomic E-state index is 0.220. The second kappa shape index (κ2) is 4.66. The number of aliphatic carboxylic acids is 1. The maximum atomic E-state index is 11.7. The Bertz CT molecular complexity index is 551. The zero-order chi connectivity index (χ0) is 15.3. The predicted molar refractivity (Wildman–Crippen MR) is 82.8 cm³/mol. The van der Waals surface area contributed by atoms with E-state index < -0.39 is 11.5 Å². The topological polar surface area (TPSA) is 40.5 Å². The van der Waals surface area contributed by atoms with Crippen LogP contribution in [-0.2, 0) is 4.79 Å². The third-order valence-electron chi connectivity index (χ3n) is 4.25. The molecule has 0 aromatic heterocycles. The van der Waals surface area contributed by atoms with Crippen LogP contribution in [0.1, 0.15) is 52.5 Å². The summed E-state index contributed by atoms with van der Waals surface area (Å²) in [6, 6.07) is 5.74. The molecule has 1 aliphatic heterocycles. The first-order chi connectivity index (χ1) is 9.07. The van der Waals surface area contributed by atoms with Gasteiger partial charge in [0, 0.05) is 16.2 Å². The molecule has 1 atom stereocenters. The molecule has 0 saturated heterocycles. The molecule has 1 aromatic rings. The van der Waals surface area contributed by atoms with Gasteiger partial charge in [-0.2, -0.15) is 0 Å². The van der Waals surface area contributed by atoms with Gasteiger partial charge in [-0.05, 0) is 63.8 Å². The maximum Gasteiger partial charge on any atom is 0.328 e. The number of benzene rings is 1. The number of halogens is 1. The SMILES string of the molecule is C[C@H]1CC(C)(C)N(C(C)(C)C(=O)O)c2ccc(Cl)cc21. The summed E-state index contributed by atoms with van der Waals surface area (Å²) in [6.07, 6.45) is 0.900. The first kappa shape index (κ1) is 15.2. The van der Waals surface area contributed by atoms with Crippen molar-refractivity contribution in [3.63, 3.8) is 0 Å². The smallest absolute Gasteiger partial charge is 0.328 e. The van der Waals surface area contributed by atoms with Crippen LogP contribution < -0.4 is 4.90 Å². The predicted octanol–water partition coefficient (Wildman–Crippen LogP) is 4.30. The van der Waals surface area contributed by atoms with Crippen molar-refractivity contribution < 1.29 is 9.90 Å². The standard InChI is InChI=1S/C16H22ClNO2/c1-10-9-15(2,3)18(16(4,5)14(19)20)13-7-6-11(17)8-12(10)13/h6-8,10H,9H2,1-5H3,(H,19,20)/t10-/m0/s1. The van der Waals surface area contributed by atoms with Gasteiger partial charge in [0.2, 0.25) is 0 Å². The van der Waals surface area contributed by atoms with Gasteiger partial charge in [-0.25, -0.2) is 4.79 Å². The van der Waals surface area contributed by atoms with Crippen molar-refractivity contribution in [3.05, 3.63) is 28.8 Å². The maximum absolute atomic E-state index is 11.7. The zero-order valence-electron chi connectivity index (χ0n) is 12.7. The van der Waals surface area contributed by atoms with Gasteiger partial charge in [0.05, 0.1) is 0 Å². The van der Waals surface area contributed by atoms with E-state index in [0.29, 0.717) is 10.9 Å². The molecule has 1 heterocycles. The molecule has 1 aromatic carbocycles. The van der Waals surface area contributed by atoms with Crippen molar-refractivity contribution in [1.82, 2.24) is 0 Å². The van der Waals surface area contributed by atoms with E-state index in [1.807, 2.05) is 23.1 Å². The molecule has 0 fully saturated rings. The van der Waals surface area contributed by atoms with Gasteiger partial charge in [-0.15, -0.1) is 0 Å². The van der Waals surface area contributed by atoms with Crippen molar-refractivity contribution in [3.8, 4) is 0 Å². The Hall–Kier alpha value is -1.22. The molecule has 3 nitrogen and oxygen atoms in total. The quantitative estimate of drug-likeness (QED) is 0.884. The molecular weight excluding hydrogens is 274 g/mol. The molecular formula is C16H22ClNO2. The Labute approximate surface area is 125 Å². The van der Waals surface area contributed by atoms with Gasteiger partial charge in [-0.3, -0.25) is 0 Å². The fraction of sp³-hybridized carbons (Fsp3) is 0.562. The fourth-order valence-corrected chi connectivity index (χ4v) is 3.73. The number of anilines is 1. The molecule has 110 valence electrons. The molecule has 0 bridgehead atoms. The third kappa shape index (κ3) is 2.28. The van der Waals surface area contributed by atoms with Crippen LogP contribution in [0.3, 0.4) is 0 Å². The number of carboxylic acid groups (broad SMARTS) is 1. The molecule has 20 heavy (non-hydrogen) atoms. The summed E-state index contributed by atoms with van der Waals surface area (Å²) in [4.78, 5) is 13.7. The van der Waals surface area contributed by atoms with Crippen LogP contribution in [0.5, 0.6) is 0 Å². The van der Waals surface area contributed by atoms with Gasteiger partial charge in [-0.1, -0.05) is 18.5 Å². The highest BCUT2D eigenvalue weighted by molar-refractivity contribution is 6.30. The molecule has 1 N–H and O–H groups in total. The monoisotopic (exact) mass is 295 g/mol. The second-order valence-electron chi connectivity index (χ2n) is 6.82. The van der Waals surface area contributed by atoms with Gasteiger partial charge < -0.3 is 10.0 Å². The molecule has 2 rings (SSSR count). The van der Waals surface area contributed by atoms with Gasteiger partial charge in [0.1, 0.15) is 5.54 Å². The Morgan fingerprint density at radius 3 is 2.60 bits per heavy atom. The van der Waals surface area contributed by atoms with E-state index >= 15 is 0 Å². The van der Waals surface area contributed by atoms with Crippen LogP contribution in [0.25, 0.3) is 0 Å². The number of hydrogen-bond acceptors (Lipinski definition) is 2. The van der Waals surface area contributed by atoms with Crippen LogP contribution >= 0.6 is 11.6 Å². The highest BCUT2D eigenvalue weighted by Gasteiger charge is 2.47. The average Bonchev–Trinajstić information content (AvgIpc) is 2.28. The Balaban J connectivity index is 2.66. The summed E-state index contributed by atoms with van der Waals surface area (Å²) in [5, 5.41) is 10.3. The highest BCUT2D eigenvalue weighted by atomic mass is 35.5. The van der Waals surface area contributed by atoms with E-state index in [9.17, 15) is 9.90 Å². The third-order valence-corrected chi connectivity index (χ3v) is 4.49. The van der Waals surface area contributed by atoms with E-state index in [2.05, 4.69) is 20.8 Å². The summed E-state index contributed by atoms with van der Waals surface area (Å²) < 4.78 is 0. The molecule has 0 spiro atoms. The summed E-state index contributed by atoms with van der Waals surface area (Å²) in [7, 11) is 0. The van der Waals surface area contributed by atoms with Crippen LogP contribution in [0.2, 0.25) is 5.02 Å². The Morgan fingerprint density at radius 1 is 1.45 bits per heavy atom. The summed E-state index contributed by atoms with van der Waals surface area (Å²) >= 11 is 6.10. The first-order valence-corrected chi connectivity index (χ1v) is 7.28. The molecule has 0 amide bonds. The number of carbonyl (C=O) groups is 1. The number of nitrogens with zero attached hydrogens (tertiary/aromatic N) is 1. The van der Waals surface area contributed by atoms with Crippen LogP contribution in [0.15, 0.2) is 18.2 Å². The van der Waals surface area contributed by atoms with E-state index in [1.165, 1.54) is 0 Å². The highest BCUT2D eigenvalue weighted by Crippen LogP contribution is 2.47. The number of hydrogen-bond donors (Lipinski definition) is 1. The van der Waals surface area contributed by atoms with E-state index in [-0.39, 0.29) is 5.54 Å². The normalized spacial score (nSPS) is 21.5. The van der Waals surface area contributed by atoms with Crippen molar-refractivity contribution >= 4 is 23.3 Å². The number of rotatable bonds is 2. The number of fused-ring (bicyclic) bond motifs is 1. The van der Waals surface area contributed by atoms with E-state index in [4.69, 9.17) is 11.6 Å². The van der Waals surface area contributed by atoms with Crippen molar-refractivity contribution in [2.45, 2.75) is 58.0 Å². The molecule has 0 unspecified atom stereocenters. The largest absolute Gasteiger partial charge is 0.480 e. The van der Waals surface area contributed by atoms with Gasteiger partial charge in [0.25, 0.3) is 0 Å². The van der Waals surface area contributed by atoms with Crippen molar-refractivity contribution in [2.75, 3.05) is 4.90 Å². The summed E-state index contributed by atoms with van der Waals surface area (Å²) in [5.41, 5.74) is 0.922. The lowest BCUT2D eigenvalue weighted by Gasteiger charge is -2.53. The van der Waals surface area contributed by atoms with Crippen molar-refractivity contribution in [2.24, 2.45) is 0 Å². The Kier molecular flexibility index (Phi) is 3.53. The minimum Gasteiger partial charge on any atom is -0.480 e. The minimum atomic E-state index is -0.966. The van der Waals surface area contributed by atoms with Crippen LogP contribution in [0.4, 0.5) is 5.69 Å². The average molecular weight is 296 g/mol. The zero-order valence-corrected chi connectivity index (χ0v) is 13.5. The molecule has 0 radical (unpaired) electrons. The lowest BCUT2D eigenvalue weighted by molar-refractivity contribution is -0.142. The van der Waals surface area contributed by atoms with Crippen LogP contribution in [-0.4, -0.2) is 22.2 Å². The molecule has 1 aliphatic rings. The number of carboxylic acids is 1. The fourth-order valence-electron chi connectivity index (χ4n) is 3.55.